The average molecular weight is 335 g/mol. The predicted molar refractivity (Wildman–Crippen MR) is 82.0 cm³/mol. The Hall–Kier alpha value is -1.88. The van der Waals surface area contributed by atoms with Gasteiger partial charge < -0.3 is 10.3 Å². The molecule has 1 heterocycles. The smallest absolute Gasteiger partial charge is 0.261 e. The van der Waals surface area contributed by atoms with Crippen LogP contribution in [0.2, 0.25) is 0 Å². The Morgan fingerprint density at radius 2 is 2.00 bits per heavy atom. The van der Waals surface area contributed by atoms with Gasteiger partial charge in [0.1, 0.15) is 5.56 Å². The van der Waals surface area contributed by atoms with E-state index in [0.717, 1.165) is 12.0 Å². The van der Waals surface area contributed by atoms with Crippen LogP contribution in [-0.2, 0) is 6.42 Å². The number of aromatic nitrogens is 1. The van der Waals surface area contributed by atoms with Crippen molar-refractivity contribution in [2.45, 2.75) is 13.3 Å². The summed E-state index contributed by atoms with van der Waals surface area (Å²) in [5.74, 6) is -0.358. The highest BCUT2D eigenvalue weighted by molar-refractivity contribution is 9.10. The van der Waals surface area contributed by atoms with Crippen LogP contribution in [0.25, 0.3) is 0 Å². The summed E-state index contributed by atoms with van der Waals surface area (Å²) in [6.45, 7) is 2.26. The Kier molecular flexibility index (Phi) is 4.74. The second-order valence-corrected chi connectivity index (χ2v) is 5.33. The molecule has 0 aliphatic heterocycles. The molecule has 2 aromatic rings. The van der Waals surface area contributed by atoms with Crippen LogP contribution in [0.15, 0.2) is 45.7 Å². The summed E-state index contributed by atoms with van der Waals surface area (Å²) in [5, 5.41) is 2.76. The molecule has 104 valence electrons. The summed E-state index contributed by atoms with van der Waals surface area (Å²) in [4.78, 5) is 26.3. The van der Waals surface area contributed by atoms with Crippen LogP contribution in [0.3, 0.4) is 0 Å². The number of aromatic amines is 1. The lowest BCUT2D eigenvalue weighted by molar-refractivity contribution is 0.0952. The van der Waals surface area contributed by atoms with Crippen molar-refractivity contribution in [1.29, 1.82) is 0 Å². The Morgan fingerprint density at radius 1 is 1.30 bits per heavy atom. The number of hydrogen-bond donors (Lipinski definition) is 2. The molecule has 2 rings (SSSR count). The Balaban J connectivity index is 1.99. The number of carbonyl (C=O) groups excluding carboxylic acids is 1. The zero-order valence-electron chi connectivity index (χ0n) is 11.1. The molecule has 1 amide bonds. The minimum Gasteiger partial charge on any atom is -0.352 e. The van der Waals surface area contributed by atoms with E-state index in [1.165, 1.54) is 0 Å². The van der Waals surface area contributed by atoms with E-state index in [2.05, 4.69) is 26.2 Å². The fourth-order valence-electron chi connectivity index (χ4n) is 1.83. The van der Waals surface area contributed by atoms with Crippen molar-refractivity contribution < 1.29 is 4.79 Å². The summed E-state index contributed by atoms with van der Waals surface area (Å²) in [6.07, 6.45) is 0.734. The topological polar surface area (TPSA) is 62.0 Å². The van der Waals surface area contributed by atoms with Gasteiger partial charge >= 0.3 is 0 Å². The molecule has 20 heavy (non-hydrogen) atoms. The minimum atomic E-state index is -0.372. The molecule has 1 aromatic carbocycles. The zero-order chi connectivity index (χ0) is 14.5. The molecule has 1 aromatic heterocycles. The fourth-order valence-corrected chi connectivity index (χ4v) is 2.15. The summed E-state index contributed by atoms with van der Waals surface area (Å²) in [5.41, 5.74) is 1.60. The van der Waals surface area contributed by atoms with Gasteiger partial charge in [0.05, 0.1) is 0 Å². The first-order chi connectivity index (χ1) is 9.58. The maximum absolute atomic E-state index is 12.0. The van der Waals surface area contributed by atoms with Gasteiger partial charge in [-0.05, 0) is 40.9 Å². The zero-order valence-corrected chi connectivity index (χ0v) is 12.7. The van der Waals surface area contributed by atoms with Crippen LogP contribution in [-0.4, -0.2) is 17.4 Å². The average Bonchev–Trinajstić information content (AvgIpc) is 2.44. The van der Waals surface area contributed by atoms with Crippen molar-refractivity contribution in [3.63, 3.8) is 0 Å². The summed E-state index contributed by atoms with van der Waals surface area (Å²) in [7, 11) is 0. The number of benzene rings is 1. The summed E-state index contributed by atoms with van der Waals surface area (Å²) in [6, 6.07) is 11.4. The van der Waals surface area contributed by atoms with E-state index < -0.39 is 0 Å². The lowest BCUT2D eigenvalue weighted by Gasteiger charge is -2.06. The second-order valence-electron chi connectivity index (χ2n) is 4.48. The second kappa shape index (κ2) is 6.52. The first-order valence-corrected chi connectivity index (χ1v) is 7.09. The molecule has 0 fully saturated rings. The van der Waals surface area contributed by atoms with E-state index in [-0.39, 0.29) is 17.0 Å². The predicted octanol–water partition coefficient (Wildman–Crippen LogP) is 2.42. The van der Waals surface area contributed by atoms with E-state index in [1.807, 2.05) is 30.3 Å². The van der Waals surface area contributed by atoms with Crippen LogP contribution in [0, 0.1) is 6.92 Å². The molecule has 0 radical (unpaired) electrons. The highest BCUT2D eigenvalue weighted by Gasteiger charge is 2.11. The standard InChI is InChI=1S/C15H15BrN2O2/c1-10-13(16)9-12(15(20)18-10)14(19)17-8-7-11-5-3-2-4-6-11/h2-6,9H,7-8H2,1H3,(H,17,19)(H,18,20). The van der Waals surface area contributed by atoms with Crippen molar-refractivity contribution in [1.82, 2.24) is 10.3 Å². The van der Waals surface area contributed by atoms with Gasteiger partial charge in [0, 0.05) is 16.7 Å². The van der Waals surface area contributed by atoms with Crippen LogP contribution < -0.4 is 10.9 Å². The Morgan fingerprint density at radius 3 is 2.70 bits per heavy atom. The van der Waals surface area contributed by atoms with Crippen LogP contribution in [0.5, 0.6) is 0 Å². The Labute approximate surface area is 125 Å². The number of hydrogen-bond acceptors (Lipinski definition) is 2. The first-order valence-electron chi connectivity index (χ1n) is 6.29. The molecule has 0 aliphatic carbocycles. The largest absolute Gasteiger partial charge is 0.352 e. The summed E-state index contributed by atoms with van der Waals surface area (Å²) >= 11 is 3.30. The third kappa shape index (κ3) is 3.57. The van der Waals surface area contributed by atoms with E-state index >= 15 is 0 Å². The van der Waals surface area contributed by atoms with E-state index in [0.29, 0.717) is 16.7 Å². The third-order valence-corrected chi connectivity index (χ3v) is 3.79. The number of amides is 1. The van der Waals surface area contributed by atoms with Crippen LogP contribution >= 0.6 is 15.9 Å². The molecule has 0 aliphatic rings. The molecule has 0 bridgehead atoms. The molecule has 5 heteroatoms. The SMILES string of the molecule is Cc1[nH]c(=O)c(C(=O)NCCc2ccccc2)cc1Br. The maximum Gasteiger partial charge on any atom is 0.261 e. The highest BCUT2D eigenvalue weighted by Crippen LogP contribution is 2.12. The molecule has 0 atom stereocenters. The first kappa shape index (κ1) is 14.5. The third-order valence-electron chi connectivity index (χ3n) is 2.96. The quantitative estimate of drug-likeness (QED) is 0.901. The van der Waals surface area contributed by atoms with Crippen molar-refractivity contribution >= 4 is 21.8 Å². The number of H-pyrrole nitrogens is 1. The van der Waals surface area contributed by atoms with Crippen molar-refractivity contribution in [3.05, 3.63) is 68.0 Å². The van der Waals surface area contributed by atoms with Gasteiger partial charge in [-0.2, -0.15) is 0 Å². The fraction of sp³-hybridized carbons (Fsp3) is 0.200. The Bertz CT molecular complexity index is 665. The lowest BCUT2D eigenvalue weighted by atomic mass is 10.1. The number of rotatable bonds is 4. The molecular formula is C15H15BrN2O2. The number of carbonyl (C=O) groups is 1. The van der Waals surface area contributed by atoms with E-state index in [1.54, 1.807) is 13.0 Å². The number of aryl methyl sites for hydroxylation is 1. The molecule has 4 nitrogen and oxygen atoms in total. The molecule has 0 saturated heterocycles. The van der Waals surface area contributed by atoms with Gasteiger partial charge in [-0.15, -0.1) is 0 Å². The van der Waals surface area contributed by atoms with Crippen LogP contribution in [0.4, 0.5) is 0 Å². The normalized spacial score (nSPS) is 10.3. The van der Waals surface area contributed by atoms with Gasteiger partial charge in [-0.1, -0.05) is 30.3 Å². The molecule has 0 saturated carbocycles. The number of nitrogens with one attached hydrogen (secondary N) is 2. The van der Waals surface area contributed by atoms with E-state index in [4.69, 9.17) is 0 Å². The van der Waals surface area contributed by atoms with Gasteiger partial charge in [-0.3, -0.25) is 9.59 Å². The number of pyridine rings is 1. The lowest BCUT2D eigenvalue weighted by Crippen LogP contribution is -2.31. The maximum atomic E-state index is 12.0. The number of halogens is 1. The van der Waals surface area contributed by atoms with Gasteiger partial charge in [0.2, 0.25) is 0 Å². The molecular weight excluding hydrogens is 320 g/mol. The van der Waals surface area contributed by atoms with Crippen molar-refractivity contribution in [2.75, 3.05) is 6.54 Å². The van der Waals surface area contributed by atoms with Crippen LogP contribution in [0.1, 0.15) is 21.6 Å². The molecule has 0 unspecified atom stereocenters. The highest BCUT2D eigenvalue weighted by atomic mass is 79.9. The molecule has 0 spiro atoms. The molecule has 2 N–H and O–H groups in total. The van der Waals surface area contributed by atoms with Gasteiger partial charge in [-0.25, -0.2) is 0 Å². The van der Waals surface area contributed by atoms with E-state index in [9.17, 15) is 9.59 Å². The monoisotopic (exact) mass is 334 g/mol. The van der Waals surface area contributed by atoms with Gasteiger partial charge in [0.15, 0.2) is 0 Å². The minimum absolute atomic E-state index is 0.121. The summed E-state index contributed by atoms with van der Waals surface area (Å²) < 4.78 is 0.713. The van der Waals surface area contributed by atoms with Crippen molar-refractivity contribution in [2.24, 2.45) is 0 Å². The van der Waals surface area contributed by atoms with Gasteiger partial charge in [0.25, 0.3) is 11.5 Å². The van der Waals surface area contributed by atoms with Crippen molar-refractivity contribution in [3.8, 4) is 0 Å².